The summed E-state index contributed by atoms with van der Waals surface area (Å²) >= 11 is 0. The summed E-state index contributed by atoms with van der Waals surface area (Å²) in [6.45, 7) is 4.30. The topological polar surface area (TPSA) is 106 Å². The molecule has 2 aromatic carbocycles. The zero-order valence-electron chi connectivity index (χ0n) is 19.4. The maximum absolute atomic E-state index is 13.1. The molecule has 0 unspecified atom stereocenters. The summed E-state index contributed by atoms with van der Waals surface area (Å²) in [4.78, 5) is 40.0. The molecule has 2 aliphatic heterocycles. The summed E-state index contributed by atoms with van der Waals surface area (Å²) in [5.41, 5.74) is 4.52. The average Bonchev–Trinajstić information content (AvgIpc) is 3.38. The molecule has 9 heteroatoms. The Labute approximate surface area is 196 Å². The standard InChI is InChI=1S/C25H25N5O4/c1-14-21(15(2)29(3)28-14)16-5-8-18(9-6-16)25(23(32)26-24(33)27-25)13-30-12-17-7-10-19(34-4)11-20(17)22(30)31/h5-11H,12-13H2,1-4H3,(H2,26,27,32,33)/t25-/m0/s1. The number of imide groups is 1. The number of fused-ring (bicyclic) bond motifs is 1. The van der Waals surface area contributed by atoms with Crippen molar-refractivity contribution >= 4 is 17.8 Å². The highest BCUT2D eigenvalue weighted by molar-refractivity contribution is 6.08. The third-order valence-corrected chi connectivity index (χ3v) is 6.74. The Morgan fingerprint density at radius 2 is 1.82 bits per heavy atom. The zero-order chi connectivity index (χ0) is 24.2. The van der Waals surface area contributed by atoms with Gasteiger partial charge in [-0.2, -0.15) is 5.10 Å². The molecule has 0 radical (unpaired) electrons. The van der Waals surface area contributed by atoms with Gasteiger partial charge in [-0.05, 0) is 42.7 Å². The van der Waals surface area contributed by atoms with Crippen molar-refractivity contribution in [2.24, 2.45) is 7.05 Å². The van der Waals surface area contributed by atoms with Crippen LogP contribution in [-0.2, 0) is 23.9 Å². The van der Waals surface area contributed by atoms with Crippen molar-refractivity contribution in [3.8, 4) is 16.9 Å². The summed E-state index contributed by atoms with van der Waals surface area (Å²) in [5.74, 6) is -0.104. The summed E-state index contributed by atoms with van der Waals surface area (Å²) in [6.07, 6.45) is 0. The smallest absolute Gasteiger partial charge is 0.322 e. The van der Waals surface area contributed by atoms with Crippen molar-refractivity contribution in [3.63, 3.8) is 0 Å². The zero-order valence-corrected chi connectivity index (χ0v) is 19.4. The SMILES string of the molecule is COc1ccc2c(c1)C(=O)N(C[C@@]1(c3ccc(-c4c(C)nn(C)c4C)cc3)NC(=O)NC1=O)C2. The predicted octanol–water partition coefficient (Wildman–Crippen LogP) is 2.40. The fourth-order valence-corrected chi connectivity index (χ4v) is 4.89. The maximum atomic E-state index is 13.1. The van der Waals surface area contributed by atoms with E-state index < -0.39 is 17.5 Å². The second-order valence-corrected chi connectivity index (χ2v) is 8.74. The number of urea groups is 1. The largest absolute Gasteiger partial charge is 0.497 e. The quantitative estimate of drug-likeness (QED) is 0.570. The molecule has 2 aliphatic rings. The van der Waals surface area contributed by atoms with Crippen LogP contribution in [0.25, 0.3) is 11.1 Å². The van der Waals surface area contributed by atoms with Gasteiger partial charge in [0.2, 0.25) is 0 Å². The number of carbonyl (C=O) groups is 3. The lowest BCUT2D eigenvalue weighted by Crippen LogP contribution is -2.52. The number of aryl methyl sites for hydroxylation is 2. The molecule has 0 aliphatic carbocycles. The van der Waals surface area contributed by atoms with E-state index in [2.05, 4.69) is 15.7 Å². The lowest BCUT2D eigenvalue weighted by molar-refractivity contribution is -0.124. The van der Waals surface area contributed by atoms with E-state index >= 15 is 0 Å². The molecule has 0 bridgehead atoms. The van der Waals surface area contributed by atoms with Gasteiger partial charge in [-0.1, -0.05) is 30.3 Å². The van der Waals surface area contributed by atoms with Crippen molar-refractivity contribution in [2.75, 3.05) is 13.7 Å². The first-order valence-electron chi connectivity index (χ1n) is 10.9. The third-order valence-electron chi connectivity index (χ3n) is 6.74. The number of ether oxygens (including phenoxy) is 1. The minimum absolute atomic E-state index is 0.00466. The van der Waals surface area contributed by atoms with Gasteiger partial charge in [0.1, 0.15) is 5.75 Å². The first kappa shape index (κ1) is 21.7. The summed E-state index contributed by atoms with van der Waals surface area (Å²) in [5, 5.41) is 9.60. The van der Waals surface area contributed by atoms with E-state index in [4.69, 9.17) is 4.74 Å². The number of benzene rings is 2. The molecule has 9 nitrogen and oxygen atoms in total. The monoisotopic (exact) mass is 459 g/mol. The molecule has 0 spiro atoms. The number of amides is 4. The summed E-state index contributed by atoms with van der Waals surface area (Å²) in [6, 6.07) is 12.2. The minimum Gasteiger partial charge on any atom is -0.497 e. The molecule has 1 fully saturated rings. The second kappa shape index (κ2) is 7.72. The molecule has 174 valence electrons. The third kappa shape index (κ3) is 3.23. The highest BCUT2D eigenvalue weighted by atomic mass is 16.5. The molecule has 3 aromatic rings. The summed E-state index contributed by atoms with van der Waals surface area (Å²) < 4.78 is 7.07. The molecule has 0 saturated carbocycles. The van der Waals surface area contributed by atoms with Crippen LogP contribution >= 0.6 is 0 Å². The predicted molar refractivity (Wildman–Crippen MR) is 124 cm³/mol. The van der Waals surface area contributed by atoms with Gasteiger partial charge in [0.15, 0.2) is 5.54 Å². The van der Waals surface area contributed by atoms with E-state index in [0.29, 0.717) is 23.4 Å². The number of methoxy groups -OCH3 is 1. The number of rotatable bonds is 5. The highest BCUT2D eigenvalue weighted by Gasteiger charge is 2.50. The molecule has 34 heavy (non-hydrogen) atoms. The van der Waals surface area contributed by atoms with Crippen LogP contribution in [0.15, 0.2) is 42.5 Å². The van der Waals surface area contributed by atoms with Crippen LogP contribution in [-0.4, -0.2) is 46.2 Å². The lowest BCUT2D eigenvalue weighted by atomic mass is 9.88. The molecule has 3 heterocycles. The van der Waals surface area contributed by atoms with Crippen molar-refractivity contribution in [1.29, 1.82) is 0 Å². The second-order valence-electron chi connectivity index (χ2n) is 8.74. The van der Waals surface area contributed by atoms with Crippen LogP contribution < -0.4 is 15.4 Å². The number of carbonyl (C=O) groups excluding carboxylic acids is 3. The molecule has 1 aromatic heterocycles. The van der Waals surface area contributed by atoms with Gasteiger partial charge < -0.3 is 15.0 Å². The fraction of sp³-hybridized carbons (Fsp3) is 0.280. The minimum atomic E-state index is -1.39. The van der Waals surface area contributed by atoms with Crippen LogP contribution in [0.1, 0.15) is 32.9 Å². The Bertz CT molecular complexity index is 1340. The normalized spacial score (nSPS) is 19.3. The van der Waals surface area contributed by atoms with Gasteiger partial charge >= 0.3 is 6.03 Å². The number of hydrogen-bond donors (Lipinski definition) is 2. The highest BCUT2D eigenvalue weighted by Crippen LogP contribution is 2.34. The van der Waals surface area contributed by atoms with E-state index in [9.17, 15) is 14.4 Å². The number of nitrogens with zero attached hydrogens (tertiary/aromatic N) is 3. The van der Waals surface area contributed by atoms with Gasteiger partial charge in [-0.3, -0.25) is 19.6 Å². The molecule has 5 rings (SSSR count). The number of hydrogen-bond acceptors (Lipinski definition) is 5. The number of aromatic nitrogens is 2. The van der Waals surface area contributed by atoms with Gasteiger partial charge in [-0.25, -0.2) is 4.79 Å². The lowest BCUT2D eigenvalue weighted by Gasteiger charge is -2.31. The first-order chi connectivity index (χ1) is 16.2. The Morgan fingerprint density at radius 1 is 1.09 bits per heavy atom. The Morgan fingerprint density at radius 3 is 2.41 bits per heavy atom. The molecule has 1 saturated heterocycles. The molecule has 2 N–H and O–H groups in total. The van der Waals surface area contributed by atoms with Crippen LogP contribution in [0.3, 0.4) is 0 Å². The molecular weight excluding hydrogens is 434 g/mol. The van der Waals surface area contributed by atoms with Crippen molar-refractivity contribution in [1.82, 2.24) is 25.3 Å². The van der Waals surface area contributed by atoms with Gasteiger partial charge in [0.25, 0.3) is 11.8 Å². The molecular formula is C25H25N5O4. The van der Waals surface area contributed by atoms with E-state index in [0.717, 1.165) is 28.1 Å². The van der Waals surface area contributed by atoms with E-state index in [1.807, 2.05) is 55.9 Å². The Kier molecular flexibility index (Phi) is 4.93. The first-order valence-corrected chi connectivity index (χ1v) is 10.9. The van der Waals surface area contributed by atoms with Crippen LogP contribution in [0.2, 0.25) is 0 Å². The Hall–Kier alpha value is -4.14. The molecule has 1 atom stereocenters. The Balaban J connectivity index is 1.50. The van der Waals surface area contributed by atoms with E-state index in [-0.39, 0.29) is 12.5 Å². The van der Waals surface area contributed by atoms with Gasteiger partial charge in [-0.15, -0.1) is 0 Å². The van der Waals surface area contributed by atoms with E-state index in [1.54, 1.807) is 24.1 Å². The van der Waals surface area contributed by atoms with E-state index in [1.165, 1.54) is 0 Å². The average molecular weight is 460 g/mol. The molecule has 4 amide bonds. The van der Waals surface area contributed by atoms with Crippen LogP contribution in [0, 0.1) is 13.8 Å². The van der Waals surface area contributed by atoms with Crippen molar-refractivity contribution < 1.29 is 19.1 Å². The van der Waals surface area contributed by atoms with Crippen LogP contribution in [0.5, 0.6) is 5.75 Å². The van der Waals surface area contributed by atoms with Crippen molar-refractivity contribution in [2.45, 2.75) is 25.9 Å². The fourth-order valence-electron chi connectivity index (χ4n) is 4.89. The number of nitrogens with one attached hydrogen (secondary N) is 2. The van der Waals surface area contributed by atoms with Crippen molar-refractivity contribution in [3.05, 3.63) is 70.5 Å². The van der Waals surface area contributed by atoms with Gasteiger partial charge in [0.05, 0.1) is 19.3 Å². The summed E-state index contributed by atoms with van der Waals surface area (Å²) in [7, 11) is 3.44. The van der Waals surface area contributed by atoms with Gasteiger partial charge in [0, 0.05) is 30.4 Å². The van der Waals surface area contributed by atoms with Crippen LogP contribution in [0.4, 0.5) is 4.79 Å². The maximum Gasteiger partial charge on any atom is 0.322 e.